The largest absolute Gasteiger partial charge is 0.348 e. The molecule has 0 aliphatic carbocycles. The number of guanidine groups is 1. The van der Waals surface area contributed by atoms with E-state index in [1.54, 1.807) is 18.1 Å². The summed E-state index contributed by atoms with van der Waals surface area (Å²) in [7, 11) is 0. The molecule has 3 aromatic rings. The highest BCUT2D eigenvalue weighted by atomic mass is 32.2. The van der Waals surface area contributed by atoms with Crippen LogP contribution in [0.1, 0.15) is 28.3 Å². The van der Waals surface area contributed by atoms with E-state index in [-0.39, 0.29) is 5.96 Å². The minimum Gasteiger partial charge on any atom is -0.348 e. The topological polar surface area (TPSA) is 120 Å². The van der Waals surface area contributed by atoms with Crippen LogP contribution < -0.4 is 16.0 Å². The smallest absolute Gasteiger partial charge is 0.326 e. The lowest BCUT2D eigenvalue weighted by Gasteiger charge is -2.12. The zero-order valence-electron chi connectivity index (χ0n) is 18.7. The van der Waals surface area contributed by atoms with Gasteiger partial charge in [-0.2, -0.15) is 11.8 Å². The first-order valence-electron chi connectivity index (χ1n) is 10.2. The van der Waals surface area contributed by atoms with Gasteiger partial charge in [0.25, 0.3) is 0 Å². The summed E-state index contributed by atoms with van der Waals surface area (Å²) in [4.78, 5) is 33.2. The molecule has 168 valence electrons. The molecule has 0 spiro atoms. The third-order valence-corrected chi connectivity index (χ3v) is 5.38. The average Bonchev–Trinajstić information content (AvgIpc) is 3.13. The van der Waals surface area contributed by atoms with Crippen molar-refractivity contribution in [2.24, 2.45) is 4.99 Å². The number of urea groups is 1. The van der Waals surface area contributed by atoms with E-state index in [1.165, 1.54) is 0 Å². The van der Waals surface area contributed by atoms with Crippen molar-refractivity contribution in [1.82, 2.24) is 25.3 Å². The zero-order chi connectivity index (χ0) is 22.9. The van der Waals surface area contributed by atoms with Crippen molar-refractivity contribution in [3.05, 3.63) is 65.0 Å². The van der Waals surface area contributed by atoms with E-state index in [9.17, 15) is 4.79 Å². The summed E-state index contributed by atoms with van der Waals surface area (Å²) in [6, 6.07) is 9.05. The van der Waals surface area contributed by atoms with Gasteiger partial charge in [0.1, 0.15) is 0 Å². The van der Waals surface area contributed by atoms with Crippen LogP contribution >= 0.6 is 11.8 Å². The molecule has 0 saturated heterocycles. The van der Waals surface area contributed by atoms with E-state index >= 15 is 0 Å². The summed E-state index contributed by atoms with van der Waals surface area (Å²) in [5.74, 6) is 2.24. The summed E-state index contributed by atoms with van der Waals surface area (Å²) in [6.45, 7) is 8.28. The first kappa shape index (κ1) is 23.3. The highest BCUT2D eigenvalue weighted by Crippen LogP contribution is 2.12. The number of aryl methyl sites for hydroxylation is 4. The number of benzene rings is 1. The molecule has 0 bridgehead atoms. The molecular formula is C22H28N8OS. The normalized spacial score (nSPS) is 11.3. The maximum atomic E-state index is 12.5. The molecule has 2 heterocycles. The lowest BCUT2D eigenvalue weighted by Crippen LogP contribution is -2.39. The van der Waals surface area contributed by atoms with Crippen molar-refractivity contribution in [3.8, 4) is 0 Å². The number of H-pyrrole nitrogens is 1. The van der Waals surface area contributed by atoms with Gasteiger partial charge in [0, 0.05) is 34.3 Å². The number of aromatic amines is 1. The fourth-order valence-corrected chi connectivity index (χ4v) is 3.68. The molecule has 2 aromatic heterocycles. The van der Waals surface area contributed by atoms with Gasteiger partial charge >= 0.3 is 6.03 Å². The number of amides is 2. The molecule has 2 amide bonds. The Bertz CT molecular complexity index is 1060. The summed E-state index contributed by atoms with van der Waals surface area (Å²) in [5, 5.41) is 8.60. The lowest BCUT2D eigenvalue weighted by atomic mass is 10.2. The van der Waals surface area contributed by atoms with Crippen LogP contribution in [0.4, 0.5) is 16.4 Å². The van der Waals surface area contributed by atoms with Crippen molar-refractivity contribution in [2.75, 3.05) is 22.9 Å². The third-order valence-electron chi connectivity index (χ3n) is 4.43. The van der Waals surface area contributed by atoms with Crippen molar-refractivity contribution in [2.45, 2.75) is 33.4 Å². The Kier molecular flexibility index (Phi) is 8.20. The molecule has 0 atom stereocenters. The number of carbonyl (C=O) groups excluding carboxylic acids is 1. The minimum atomic E-state index is -0.399. The second-order valence-electron chi connectivity index (χ2n) is 7.30. The summed E-state index contributed by atoms with van der Waals surface area (Å²) >= 11 is 1.72. The Morgan fingerprint density at radius 2 is 1.78 bits per heavy atom. The Hall–Kier alpha value is -3.40. The third kappa shape index (κ3) is 7.38. The Balaban J connectivity index is 1.62. The molecular weight excluding hydrogens is 424 g/mol. The van der Waals surface area contributed by atoms with Crippen LogP contribution in [0.25, 0.3) is 0 Å². The first-order chi connectivity index (χ1) is 15.4. The van der Waals surface area contributed by atoms with Gasteiger partial charge in [-0.25, -0.2) is 19.7 Å². The molecule has 32 heavy (non-hydrogen) atoms. The number of hydrogen-bond donors (Lipinski definition) is 4. The number of rotatable bonds is 7. The van der Waals surface area contributed by atoms with Crippen molar-refractivity contribution < 1.29 is 4.79 Å². The molecule has 0 saturated carbocycles. The summed E-state index contributed by atoms with van der Waals surface area (Å²) < 4.78 is 0. The number of aromatic nitrogens is 4. The van der Waals surface area contributed by atoms with Crippen LogP contribution in [0.5, 0.6) is 0 Å². The fraction of sp³-hybridized carbons (Fsp3) is 0.318. The average molecular weight is 453 g/mol. The van der Waals surface area contributed by atoms with Gasteiger partial charge in [-0.1, -0.05) is 17.7 Å². The van der Waals surface area contributed by atoms with Gasteiger partial charge in [0.2, 0.25) is 11.9 Å². The van der Waals surface area contributed by atoms with Crippen LogP contribution in [0.2, 0.25) is 0 Å². The molecule has 4 N–H and O–H groups in total. The Morgan fingerprint density at radius 3 is 2.44 bits per heavy atom. The number of aliphatic imine (C=N–C) groups is 1. The van der Waals surface area contributed by atoms with Crippen LogP contribution in [0.15, 0.2) is 41.7 Å². The van der Waals surface area contributed by atoms with E-state index in [0.29, 0.717) is 18.2 Å². The Morgan fingerprint density at radius 1 is 1.06 bits per heavy atom. The van der Waals surface area contributed by atoms with Crippen molar-refractivity contribution in [1.29, 1.82) is 0 Å². The monoisotopic (exact) mass is 452 g/mol. The SMILES string of the molecule is Cc1ccc(NC(=O)NC(=NCCSCc2nc[nH]c2C)Nc2nc(C)cc(C)n2)cc1. The predicted octanol–water partition coefficient (Wildman–Crippen LogP) is 3.96. The van der Waals surface area contributed by atoms with Crippen LogP contribution in [0.3, 0.4) is 0 Å². The molecule has 10 heteroatoms. The summed E-state index contributed by atoms with van der Waals surface area (Å²) in [6.07, 6.45) is 1.70. The predicted molar refractivity (Wildman–Crippen MR) is 130 cm³/mol. The van der Waals surface area contributed by atoms with Crippen LogP contribution in [-0.4, -0.2) is 44.2 Å². The van der Waals surface area contributed by atoms with Crippen molar-refractivity contribution in [3.63, 3.8) is 0 Å². The molecule has 9 nitrogen and oxygen atoms in total. The number of anilines is 2. The summed E-state index contributed by atoms with van der Waals surface area (Å²) in [5.41, 5.74) is 5.58. The van der Waals surface area contributed by atoms with Gasteiger partial charge in [-0.3, -0.25) is 15.6 Å². The molecule has 3 rings (SSSR count). The molecule has 0 aliphatic rings. The van der Waals surface area contributed by atoms with E-state index in [2.05, 4.69) is 40.9 Å². The van der Waals surface area contributed by atoms with Gasteiger partial charge < -0.3 is 10.3 Å². The molecule has 1 aromatic carbocycles. The van der Waals surface area contributed by atoms with Crippen LogP contribution in [-0.2, 0) is 5.75 Å². The number of nitrogens with zero attached hydrogens (tertiary/aromatic N) is 4. The van der Waals surface area contributed by atoms with Crippen molar-refractivity contribution >= 4 is 35.4 Å². The van der Waals surface area contributed by atoms with E-state index < -0.39 is 6.03 Å². The maximum absolute atomic E-state index is 12.5. The quantitative estimate of drug-likeness (QED) is 0.245. The molecule has 0 unspecified atom stereocenters. The Labute approximate surface area is 192 Å². The van der Waals surface area contributed by atoms with Gasteiger partial charge in [-0.05, 0) is 45.9 Å². The second-order valence-corrected chi connectivity index (χ2v) is 8.41. The highest BCUT2D eigenvalue weighted by molar-refractivity contribution is 7.98. The second kappa shape index (κ2) is 11.3. The highest BCUT2D eigenvalue weighted by Gasteiger charge is 2.09. The maximum Gasteiger partial charge on any atom is 0.326 e. The van der Waals surface area contributed by atoms with Crippen LogP contribution in [0, 0.1) is 27.7 Å². The van der Waals surface area contributed by atoms with E-state index in [0.717, 1.165) is 39.8 Å². The number of thioether (sulfide) groups is 1. The number of carbonyl (C=O) groups is 1. The zero-order valence-corrected chi connectivity index (χ0v) is 19.5. The minimum absolute atomic E-state index is 0.288. The number of nitrogens with one attached hydrogen (secondary N) is 4. The van der Waals surface area contributed by atoms with Gasteiger partial charge in [-0.15, -0.1) is 0 Å². The molecule has 0 aliphatic heterocycles. The van der Waals surface area contributed by atoms with E-state index in [1.807, 2.05) is 58.0 Å². The first-order valence-corrected chi connectivity index (χ1v) is 11.4. The number of hydrogen-bond acceptors (Lipinski definition) is 6. The molecule has 0 radical (unpaired) electrons. The number of imidazole rings is 1. The van der Waals surface area contributed by atoms with Gasteiger partial charge in [0.15, 0.2) is 0 Å². The fourth-order valence-electron chi connectivity index (χ4n) is 2.83. The van der Waals surface area contributed by atoms with E-state index in [4.69, 9.17) is 0 Å². The molecule has 0 fully saturated rings. The standard InChI is InChI=1S/C22H28N8OS/c1-14-5-7-18(8-6-14)28-22(31)30-20(29-21-26-15(2)11-16(3)27-21)23-9-10-32-12-19-17(4)24-13-25-19/h5-8,11,13H,9-10,12H2,1-4H3,(H,24,25)(H3,23,26,27,28,29,30,31). The van der Waals surface area contributed by atoms with Gasteiger partial charge in [0.05, 0.1) is 18.6 Å². The lowest BCUT2D eigenvalue weighted by molar-refractivity contribution is 0.256.